The molecular weight excluding hydrogens is 339 g/mol. The second-order valence-electron chi connectivity index (χ2n) is 4.82. The molecule has 1 N–H and O–H groups in total. The van der Waals surface area contributed by atoms with Gasteiger partial charge in [0.15, 0.2) is 4.77 Å². The van der Waals surface area contributed by atoms with E-state index in [1.165, 1.54) is 6.07 Å². The maximum atomic E-state index is 13.6. The van der Waals surface area contributed by atoms with Crippen molar-refractivity contribution in [2.75, 3.05) is 0 Å². The maximum absolute atomic E-state index is 13.6. The van der Waals surface area contributed by atoms with Gasteiger partial charge in [0.25, 0.3) is 0 Å². The summed E-state index contributed by atoms with van der Waals surface area (Å²) in [5.41, 5.74) is 4.29. The van der Waals surface area contributed by atoms with Crippen molar-refractivity contribution in [1.82, 2.24) is 9.55 Å². The smallest absolute Gasteiger partial charge is 0.182 e. The van der Waals surface area contributed by atoms with E-state index < -0.39 is 0 Å². The largest absolute Gasteiger partial charge is 0.330 e. The Hall–Kier alpha value is -1.46. The number of nitrogens with zero attached hydrogens (tertiary/aromatic N) is 1. The summed E-state index contributed by atoms with van der Waals surface area (Å²) in [6.45, 7) is 3.78. The number of aryl methyl sites for hydroxylation is 2. The van der Waals surface area contributed by atoms with E-state index in [-0.39, 0.29) is 5.82 Å². The fraction of sp³-hybridized carbons (Fsp3) is 0.133. The zero-order chi connectivity index (χ0) is 14.4. The van der Waals surface area contributed by atoms with Gasteiger partial charge in [0, 0.05) is 10.2 Å². The van der Waals surface area contributed by atoms with Gasteiger partial charge in [-0.1, -0.05) is 22.0 Å². The minimum atomic E-state index is -0.231. The number of aromatic amines is 1. The molecular formula is C15H12BrFN2S. The van der Waals surface area contributed by atoms with Gasteiger partial charge >= 0.3 is 0 Å². The summed E-state index contributed by atoms with van der Waals surface area (Å²) in [4.78, 5) is 3.05. The number of rotatable bonds is 1. The van der Waals surface area contributed by atoms with Gasteiger partial charge in [-0.2, -0.15) is 0 Å². The van der Waals surface area contributed by atoms with Gasteiger partial charge < -0.3 is 4.98 Å². The summed E-state index contributed by atoms with van der Waals surface area (Å²) in [6.07, 6.45) is 0. The maximum Gasteiger partial charge on any atom is 0.182 e. The van der Waals surface area contributed by atoms with Crippen molar-refractivity contribution in [2.45, 2.75) is 13.8 Å². The number of nitrogens with one attached hydrogen (secondary N) is 1. The summed E-state index contributed by atoms with van der Waals surface area (Å²) in [7, 11) is 0. The number of fused-ring (bicyclic) bond motifs is 1. The molecule has 3 aromatic rings. The molecule has 0 aliphatic carbocycles. The summed E-state index contributed by atoms with van der Waals surface area (Å²) in [5, 5.41) is 0. The molecule has 0 fully saturated rings. The Morgan fingerprint density at radius 3 is 2.60 bits per heavy atom. The van der Waals surface area contributed by atoms with Crippen LogP contribution in [0.1, 0.15) is 11.1 Å². The van der Waals surface area contributed by atoms with Crippen LogP contribution in [-0.4, -0.2) is 9.55 Å². The Balaban J connectivity index is 2.35. The number of hydrogen-bond acceptors (Lipinski definition) is 1. The Morgan fingerprint density at radius 2 is 1.90 bits per heavy atom. The summed E-state index contributed by atoms with van der Waals surface area (Å²) < 4.78 is 17.1. The number of H-pyrrole nitrogens is 1. The molecule has 2 nitrogen and oxygen atoms in total. The lowest BCUT2D eigenvalue weighted by Gasteiger charge is -2.07. The minimum Gasteiger partial charge on any atom is -0.330 e. The number of benzene rings is 2. The van der Waals surface area contributed by atoms with Crippen LogP contribution in [-0.2, 0) is 0 Å². The quantitative estimate of drug-likeness (QED) is 0.597. The Bertz CT molecular complexity index is 879. The first kappa shape index (κ1) is 13.5. The third-order valence-corrected chi connectivity index (χ3v) is 4.52. The van der Waals surface area contributed by atoms with Crippen molar-refractivity contribution >= 4 is 39.2 Å². The lowest BCUT2D eigenvalue weighted by atomic mass is 10.2. The number of aromatic nitrogens is 2. The van der Waals surface area contributed by atoms with Gasteiger partial charge in [-0.3, -0.25) is 4.57 Å². The van der Waals surface area contributed by atoms with Gasteiger partial charge in [-0.25, -0.2) is 4.39 Å². The van der Waals surface area contributed by atoms with Crippen molar-refractivity contribution in [1.29, 1.82) is 0 Å². The first-order chi connectivity index (χ1) is 9.47. The van der Waals surface area contributed by atoms with Crippen molar-refractivity contribution in [2.24, 2.45) is 0 Å². The molecule has 20 heavy (non-hydrogen) atoms. The average molecular weight is 351 g/mol. The second-order valence-corrected chi connectivity index (χ2v) is 6.06. The molecule has 0 atom stereocenters. The average Bonchev–Trinajstić information content (AvgIpc) is 2.69. The van der Waals surface area contributed by atoms with Crippen LogP contribution < -0.4 is 0 Å². The van der Waals surface area contributed by atoms with Crippen LogP contribution in [0.2, 0.25) is 0 Å². The molecule has 0 unspecified atom stereocenters. The number of halogens is 2. The lowest BCUT2D eigenvalue weighted by molar-refractivity contribution is 0.620. The molecule has 0 spiro atoms. The Kier molecular flexibility index (Phi) is 3.26. The van der Waals surface area contributed by atoms with E-state index in [0.717, 1.165) is 21.2 Å². The number of imidazole rings is 1. The first-order valence-corrected chi connectivity index (χ1v) is 7.35. The summed E-state index contributed by atoms with van der Waals surface area (Å²) in [5.74, 6) is -0.231. The Labute approximate surface area is 129 Å². The molecule has 0 saturated heterocycles. The molecule has 1 heterocycles. The van der Waals surface area contributed by atoms with E-state index in [4.69, 9.17) is 12.2 Å². The van der Waals surface area contributed by atoms with E-state index in [0.29, 0.717) is 15.9 Å². The molecule has 0 bridgehead atoms. The molecule has 0 saturated carbocycles. The van der Waals surface area contributed by atoms with Crippen molar-refractivity contribution < 1.29 is 4.39 Å². The molecule has 2 aromatic carbocycles. The standard InChI is InChI=1S/C15H12BrFN2S/c1-8-3-4-10(6-11(8)16)19-14-5-9(2)12(17)7-13(14)18-15(19)20/h3-7H,1-2H3,(H,18,20). The molecule has 0 aliphatic heterocycles. The van der Waals surface area contributed by atoms with Crippen molar-refractivity contribution in [3.8, 4) is 5.69 Å². The molecule has 0 aliphatic rings. The SMILES string of the molecule is Cc1cc2c(cc1F)[nH]c(=S)n2-c1ccc(C)c(Br)c1. The van der Waals surface area contributed by atoms with Crippen molar-refractivity contribution in [3.05, 3.63) is 56.5 Å². The molecule has 3 rings (SSSR count). The van der Waals surface area contributed by atoms with Crippen molar-refractivity contribution in [3.63, 3.8) is 0 Å². The van der Waals surface area contributed by atoms with Crippen LogP contribution >= 0.6 is 28.1 Å². The fourth-order valence-corrected chi connectivity index (χ4v) is 2.89. The Morgan fingerprint density at radius 1 is 1.15 bits per heavy atom. The zero-order valence-corrected chi connectivity index (χ0v) is 13.4. The highest BCUT2D eigenvalue weighted by Gasteiger charge is 2.10. The lowest BCUT2D eigenvalue weighted by Crippen LogP contribution is -1.95. The monoisotopic (exact) mass is 350 g/mol. The predicted octanol–water partition coefficient (Wildman–Crippen LogP) is 5.21. The van der Waals surface area contributed by atoms with Crippen LogP contribution in [0, 0.1) is 24.4 Å². The van der Waals surface area contributed by atoms with E-state index >= 15 is 0 Å². The molecule has 0 amide bonds. The molecule has 0 radical (unpaired) electrons. The van der Waals surface area contributed by atoms with Gasteiger partial charge in [-0.15, -0.1) is 0 Å². The van der Waals surface area contributed by atoms with E-state index in [2.05, 4.69) is 20.9 Å². The molecule has 1 aromatic heterocycles. The van der Waals surface area contributed by atoms with Gasteiger partial charge in [0.2, 0.25) is 0 Å². The molecule has 102 valence electrons. The van der Waals surface area contributed by atoms with E-state index in [1.54, 1.807) is 6.92 Å². The highest BCUT2D eigenvalue weighted by atomic mass is 79.9. The van der Waals surface area contributed by atoms with E-state index in [9.17, 15) is 4.39 Å². The van der Waals surface area contributed by atoms with E-state index in [1.807, 2.05) is 35.8 Å². The normalized spacial score (nSPS) is 11.2. The molecule has 5 heteroatoms. The minimum absolute atomic E-state index is 0.231. The fourth-order valence-electron chi connectivity index (χ4n) is 2.21. The summed E-state index contributed by atoms with van der Waals surface area (Å²) >= 11 is 8.90. The zero-order valence-electron chi connectivity index (χ0n) is 11.0. The van der Waals surface area contributed by atoms with Crippen LogP contribution in [0.5, 0.6) is 0 Å². The van der Waals surface area contributed by atoms with Gasteiger partial charge in [-0.05, 0) is 61.5 Å². The highest BCUT2D eigenvalue weighted by Crippen LogP contribution is 2.25. The van der Waals surface area contributed by atoms with Crippen LogP contribution in [0.3, 0.4) is 0 Å². The predicted molar refractivity (Wildman–Crippen MR) is 85.6 cm³/mol. The topological polar surface area (TPSA) is 20.7 Å². The van der Waals surface area contributed by atoms with Crippen LogP contribution in [0.15, 0.2) is 34.8 Å². The highest BCUT2D eigenvalue weighted by molar-refractivity contribution is 9.10. The third-order valence-electron chi connectivity index (χ3n) is 3.38. The first-order valence-electron chi connectivity index (χ1n) is 6.15. The number of hydrogen-bond donors (Lipinski definition) is 1. The van der Waals surface area contributed by atoms with Gasteiger partial charge in [0.05, 0.1) is 11.0 Å². The van der Waals surface area contributed by atoms with Gasteiger partial charge in [0.1, 0.15) is 5.82 Å². The van der Waals surface area contributed by atoms with Crippen LogP contribution in [0.25, 0.3) is 16.7 Å². The van der Waals surface area contributed by atoms with Crippen LogP contribution in [0.4, 0.5) is 4.39 Å². The summed E-state index contributed by atoms with van der Waals surface area (Å²) in [6, 6.07) is 9.33. The second kappa shape index (κ2) is 4.82. The third kappa shape index (κ3) is 2.11.